The number of aromatic nitrogens is 3. The summed E-state index contributed by atoms with van der Waals surface area (Å²) in [6, 6.07) is 0.556. The van der Waals surface area contributed by atoms with Gasteiger partial charge in [-0.2, -0.15) is 0 Å². The predicted molar refractivity (Wildman–Crippen MR) is 38.4 cm³/mol. The van der Waals surface area contributed by atoms with Gasteiger partial charge in [-0.15, -0.1) is 0 Å². The molecular formula is C7H7N3O. The summed E-state index contributed by atoms with van der Waals surface area (Å²) in [7, 11) is 0. The minimum absolute atomic E-state index is 0.556. The van der Waals surface area contributed by atoms with Crippen LogP contribution >= 0.6 is 0 Å². The van der Waals surface area contributed by atoms with Gasteiger partial charge in [0.15, 0.2) is 0 Å². The fraction of sp³-hybridized carbons (Fsp3) is 0.143. The monoisotopic (exact) mass is 149 g/mol. The van der Waals surface area contributed by atoms with E-state index in [1.54, 1.807) is 23.2 Å². The van der Waals surface area contributed by atoms with E-state index in [9.17, 15) is 0 Å². The Hall–Kier alpha value is -1.58. The molecule has 11 heavy (non-hydrogen) atoms. The molecule has 0 atom stereocenters. The van der Waals surface area contributed by atoms with Crippen LogP contribution in [0.5, 0.6) is 0 Å². The van der Waals surface area contributed by atoms with Crippen molar-refractivity contribution >= 4 is 0 Å². The second kappa shape index (κ2) is 2.23. The molecule has 2 aromatic rings. The van der Waals surface area contributed by atoms with Crippen molar-refractivity contribution in [2.24, 2.45) is 0 Å². The largest absolute Gasteiger partial charge is 0.432 e. The van der Waals surface area contributed by atoms with Crippen LogP contribution in [0.2, 0.25) is 0 Å². The number of rotatable bonds is 1. The van der Waals surface area contributed by atoms with Crippen LogP contribution in [0.1, 0.15) is 5.82 Å². The summed E-state index contributed by atoms with van der Waals surface area (Å²) < 4.78 is 6.85. The molecule has 0 aliphatic rings. The Balaban J connectivity index is 2.53. The summed E-state index contributed by atoms with van der Waals surface area (Å²) in [6.45, 7) is 1.89. The Morgan fingerprint density at radius 2 is 2.27 bits per heavy atom. The van der Waals surface area contributed by atoms with Crippen molar-refractivity contribution in [1.82, 2.24) is 14.5 Å². The average molecular weight is 149 g/mol. The highest BCUT2D eigenvalue weighted by atomic mass is 16.4. The first kappa shape index (κ1) is 6.15. The maximum absolute atomic E-state index is 5.07. The first-order valence-electron chi connectivity index (χ1n) is 3.28. The highest BCUT2D eigenvalue weighted by molar-refractivity contribution is 5.09. The maximum Gasteiger partial charge on any atom is 0.307 e. The summed E-state index contributed by atoms with van der Waals surface area (Å²) in [5, 5.41) is 0. The van der Waals surface area contributed by atoms with E-state index in [1.165, 1.54) is 6.26 Å². The summed E-state index contributed by atoms with van der Waals surface area (Å²) in [4.78, 5) is 8.01. The molecule has 0 saturated heterocycles. The lowest BCUT2D eigenvalue weighted by molar-refractivity contribution is 0.523. The van der Waals surface area contributed by atoms with Crippen molar-refractivity contribution in [2.45, 2.75) is 6.92 Å². The van der Waals surface area contributed by atoms with Gasteiger partial charge in [-0.25, -0.2) is 9.97 Å². The zero-order valence-corrected chi connectivity index (χ0v) is 6.06. The average Bonchev–Trinajstić information content (AvgIpc) is 2.55. The fourth-order valence-corrected chi connectivity index (χ4v) is 0.915. The normalized spacial score (nSPS) is 10.3. The molecule has 0 aliphatic heterocycles. The molecule has 0 aromatic carbocycles. The molecular weight excluding hydrogens is 142 g/mol. The Morgan fingerprint density at radius 1 is 1.36 bits per heavy atom. The molecule has 0 bridgehead atoms. The smallest absolute Gasteiger partial charge is 0.307 e. The highest BCUT2D eigenvalue weighted by Gasteiger charge is 2.02. The van der Waals surface area contributed by atoms with Crippen LogP contribution in [0.3, 0.4) is 0 Å². The molecule has 56 valence electrons. The number of aryl methyl sites for hydroxylation is 1. The quantitative estimate of drug-likeness (QED) is 0.611. The predicted octanol–water partition coefficient (Wildman–Crippen LogP) is 1.17. The standard InChI is InChI=1S/C7H7N3O/c1-6-8-2-4-10(6)7-9-3-5-11-7/h2-5H,1H3. The second-order valence-corrected chi connectivity index (χ2v) is 2.16. The van der Waals surface area contributed by atoms with Gasteiger partial charge in [0.05, 0.1) is 6.20 Å². The molecule has 0 amide bonds. The van der Waals surface area contributed by atoms with E-state index in [4.69, 9.17) is 4.42 Å². The topological polar surface area (TPSA) is 43.9 Å². The third-order valence-electron chi connectivity index (χ3n) is 1.45. The van der Waals surface area contributed by atoms with Crippen LogP contribution in [-0.2, 0) is 0 Å². The first-order chi connectivity index (χ1) is 5.38. The third-order valence-corrected chi connectivity index (χ3v) is 1.45. The van der Waals surface area contributed by atoms with Crippen LogP contribution in [0.4, 0.5) is 0 Å². The number of oxazole rings is 1. The van der Waals surface area contributed by atoms with Crippen LogP contribution in [0.25, 0.3) is 6.01 Å². The Morgan fingerprint density at radius 3 is 2.82 bits per heavy atom. The molecule has 2 heterocycles. The fourth-order valence-electron chi connectivity index (χ4n) is 0.915. The molecule has 0 unspecified atom stereocenters. The van der Waals surface area contributed by atoms with Gasteiger partial charge in [0.1, 0.15) is 12.1 Å². The van der Waals surface area contributed by atoms with E-state index in [1.807, 2.05) is 6.92 Å². The number of nitrogens with zero attached hydrogens (tertiary/aromatic N) is 3. The molecule has 0 saturated carbocycles. The van der Waals surface area contributed by atoms with E-state index >= 15 is 0 Å². The van der Waals surface area contributed by atoms with Crippen LogP contribution in [0.15, 0.2) is 29.3 Å². The second-order valence-electron chi connectivity index (χ2n) is 2.16. The summed E-state index contributed by atoms with van der Waals surface area (Å²) in [5.74, 6) is 0.868. The van der Waals surface area contributed by atoms with Gasteiger partial charge in [0.25, 0.3) is 0 Å². The summed E-state index contributed by atoms with van der Waals surface area (Å²) >= 11 is 0. The number of hydrogen-bond donors (Lipinski definition) is 0. The minimum atomic E-state index is 0.556. The van der Waals surface area contributed by atoms with Gasteiger partial charge in [-0.05, 0) is 6.92 Å². The summed E-state index contributed by atoms with van der Waals surface area (Å²) in [5.41, 5.74) is 0. The van der Waals surface area contributed by atoms with Gasteiger partial charge in [0, 0.05) is 12.4 Å². The number of hydrogen-bond acceptors (Lipinski definition) is 3. The molecule has 2 rings (SSSR count). The van der Waals surface area contributed by atoms with Crippen LogP contribution in [0, 0.1) is 6.92 Å². The highest BCUT2D eigenvalue weighted by Crippen LogP contribution is 2.05. The summed E-state index contributed by atoms with van der Waals surface area (Å²) in [6.07, 6.45) is 6.66. The third kappa shape index (κ3) is 0.920. The molecule has 0 aliphatic carbocycles. The van der Waals surface area contributed by atoms with E-state index in [0.29, 0.717) is 6.01 Å². The molecule has 2 aromatic heterocycles. The van der Waals surface area contributed by atoms with Crippen LogP contribution < -0.4 is 0 Å². The Bertz CT molecular complexity index is 336. The van der Waals surface area contributed by atoms with Crippen molar-refractivity contribution in [3.8, 4) is 6.01 Å². The van der Waals surface area contributed by atoms with Gasteiger partial charge < -0.3 is 4.42 Å². The molecule has 4 heteroatoms. The van der Waals surface area contributed by atoms with Crippen molar-refractivity contribution in [3.63, 3.8) is 0 Å². The molecule has 0 radical (unpaired) electrons. The van der Waals surface area contributed by atoms with Crippen molar-refractivity contribution < 1.29 is 4.42 Å². The van der Waals surface area contributed by atoms with Crippen molar-refractivity contribution in [1.29, 1.82) is 0 Å². The zero-order valence-electron chi connectivity index (χ0n) is 6.06. The molecule has 0 N–H and O–H groups in total. The van der Waals surface area contributed by atoms with E-state index in [2.05, 4.69) is 9.97 Å². The first-order valence-corrected chi connectivity index (χ1v) is 3.28. The zero-order chi connectivity index (χ0) is 7.68. The van der Waals surface area contributed by atoms with Gasteiger partial charge in [0.2, 0.25) is 0 Å². The van der Waals surface area contributed by atoms with Gasteiger partial charge >= 0.3 is 6.01 Å². The lowest BCUT2D eigenvalue weighted by Crippen LogP contribution is -1.94. The Labute approximate surface area is 63.5 Å². The van der Waals surface area contributed by atoms with Crippen LogP contribution in [-0.4, -0.2) is 14.5 Å². The van der Waals surface area contributed by atoms with E-state index < -0.39 is 0 Å². The lowest BCUT2D eigenvalue weighted by Gasteiger charge is -1.95. The molecule has 0 fully saturated rings. The van der Waals surface area contributed by atoms with Gasteiger partial charge in [-0.1, -0.05) is 0 Å². The number of imidazole rings is 1. The minimum Gasteiger partial charge on any atom is -0.432 e. The van der Waals surface area contributed by atoms with Crippen molar-refractivity contribution in [3.05, 3.63) is 30.7 Å². The lowest BCUT2D eigenvalue weighted by atomic mass is 10.7. The Kier molecular flexibility index (Phi) is 1.25. The molecule has 4 nitrogen and oxygen atoms in total. The van der Waals surface area contributed by atoms with E-state index in [-0.39, 0.29) is 0 Å². The van der Waals surface area contributed by atoms with Gasteiger partial charge in [-0.3, -0.25) is 4.57 Å². The van der Waals surface area contributed by atoms with E-state index in [0.717, 1.165) is 5.82 Å². The molecule has 0 spiro atoms. The van der Waals surface area contributed by atoms with Crippen molar-refractivity contribution in [2.75, 3.05) is 0 Å². The SMILES string of the molecule is Cc1nccn1-c1ncco1. The maximum atomic E-state index is 5.07.